The molecule has 11 nitrogen and oxygen atoms in total. The second-order valence-electron chi connectivity index (χ2n) is 11.4. The van der Waals surface area contributed by atoms with Crippen molar-refractivity contribution in [2.24, 2.45) is 0 Å². The van der Waals surface area contributed by atoms with Gasteiger partial charge in [0, 0.05) is 42.1 Å². The lowest BCUT2D eigenvalue weighted by molar-refractivity contribution is -0.135. The van der Waals surface area contributed by atoms with Gasteiger partial charge in [0.1, 0.15) is 35.2 Å². The van der Waals surface area contributed by atoms with E-state index in [4.69, 9.17) is 9.40 Å². The minimum absolute atomic E-state index is 0.132. The number of aliphatic carboxylic acids is 1. The van der Waals surface area contributed by atoms with Crippen molar-refractivity contribution < 1.29 is 36.3 Å². The van der Waals surface area contributed by atoms with Gasteiger partial charge in [-0.25, -0.2) is 22.2 Å². The molecule has 3 aromatic heterocycles. The Morgan fingerprint density at radius 2 is 1.79 bits per heavy atom. The number of anilines is 2. The number of hydrogen-bond acceptors (Lipinski definition) is 7. The van der Waals surface area contributed by atoms with Crippen molar-refractivity contribution in [3.63, 3.8) is 0 Å². The number of nitrogens with zero attached hydrogens (tertiary/aromatic N) is 4. The minimum atomic E-state index is -3.82. The molecule has 4 heterocycles. The number of carbonyl (C=O) groups is 2. The van der Waals surface area contributed by atoms with Crippen molar-refractivity contribution in [2.45, 2.75) is 6.67 Å². The first kappa shape index (κ1) is 30.9. The van der Waals surface area contributed by atoms with Crippen molar-refractivity contribution >= 4 is 55.1 Å². The maximum Gasteiger partial charge on any atom is 0.323 e. The normalized spacial score (nSPS) is 12.6. The molecule has 0 radical (unpaired) electrons. The zero-order valence-electron chi connectivity index (χ0n) is 25.8. The van der Waals surface area contributed by atoms with Crippen LogP contribution in [0.4, 0.5) is 20.2 Å². The zero-order valence-corrected chi connectivity index (χ0v) is 26.6. The topological polar surface area (TPSA) is 138 Å². The van der Waals surface area contributed by atoms with E-state index < -0.39 is 33.5 Å². The molecule has 0 unspecified atom stereocenters. The number of furan rings is 1. The van der Waals surface area contributed by atoms with E-state index in [1.807, 2.05) is 0 Å². The first-order valence-corrected chi connectivity index (χ1v) is 16.5. The number of carboxylic acid groups (broad SMARTS) is 1. The summed E-state index contributed by atoms with van der Waals surface area (Å²) in [7, 11) is -0.994. The fraction of sp³-hybridized carbons (Fsp3) is 0.147. The molecule has 2 N–H and O–H groups in total. The Balaban J connectivity index is 1.51. The number of halogens is 2. The second kappa shape index (κ2) is 11.2. The molecule has 7 rings (SSSR count). The molecule has 0 aliphatic carbocycles. The van der Waals surface area contributed by atoms with Crippen LogP contribution in [0.25, 0.3) is 55.8 Å². The molecular weight excluding hydrogens is 644 g/mol. The van der Waals surface area contributed by atoms with Crippen LogP contribution in [0.5, 0.6) is 0 Å². The van der Waals surface area contributed by atoms with E-state index in [1.54, 1.807) is 45.9 Å². The molecule has 1 aliphatic rings. The van der Waals surface area contributed by atoms with Crippen molar-refractivity contribution in [3.8, 4) is 34.0 Å². The van der Waals surface area contributed by atoms with Crippen molar-refractivity contribution in [1.82, 2.24) is 14.9 Å². The van der Waals surface area contributed by atoms with E-state index in [0.29, 0.717) is 50.2 Å². The fourth-order valence-electron chi connectivity index (χ4n) is 6.12. The molecular formula is C34H27F2N5O6S. The predicted molar refractivity (Wildman–Crippen MR) is 177 cm³/mol. The summed E-state index contributed by atoms with van der Waals surface area (Å²) >= 11 is 0. The Hall–Kier alpha value is -5.76. The number of nitrogens with one attached hydrogen (secondary N) is 1. The average Bonchev–Trinajstić information content (AvgIpc) is 3.62. The number of benzene rings is 3. The van der Waals surface area contributed by atoms with Gasteiger partial charge < -0.3 is 24.3 Å². The SMILES string of the molecule is CNC(=O)c1c(-c2ccc(F)cc2)oc2cc(N(C)S(C)(=O)=O)c(-c3ccc4c(n3)-c3cc5c(F)cccc5n3CN4CC(=O)O)cc12. The molecule has 14 heteroatoms. The fourth-order valence-corrected chi connectivity index (χ4v) is 6.63. The summed E-state index contributed by atoms with van der Waals surface area (Å²) in [5, 5.41) is 13.0. The van der Waals surface area contributed by atoms with Crippen molar-refractivity contribution in [3.05, 3.63) is 90.0 Å². The summed E-state index contributed by atoms with van der Waals surface area (Å²) in [5.74, 6) is -2.32. The number of hydrogen-bond donors (Lipinski definition) is 2. The third-order valence-corrected chi connectivity index (χ3v) is 9.66. The van der Waals surface area contributed by atoms with Gasteiger partial charge in [0.25, 0.3) is 5.91 Å². The molecule has 6 aromatic rings. The first-order valence-electron chi connectivity index (χ1n) is 14.6. The maximum absolute atomic E-state index is 14.9. The highest BCUT2D eigenvalue weighted by atomic mass is 32.2. The van der Waals surface area contributed by atoms with Crippen LogP contribution in [-0.4, -0.2) is 61.8 Å². The lowest BCUT2D eigenvalue weighted by Crippen LogP contribution is -2.35. The molecule has 0 saturated carbocycles. The summed E-state index contributed by atoms with van der Waals surface area (Å²) < 4.78 is 63.4. The lowest BCUT2D eigenvalue weighted by Gasteiger charge is -2.32. The van der Waals surface area contributed by atoms with E-state index >= 15 is 0 Å². The number of sulfonamides is 1. The molecule has 3 aromatic carbocycles. The van der Waals surface area contributed by atoms with Gasteiger partial charge in [0.15, 0.2) is 0 Å². The van der Waals surface area contributed by atoms with Crippen LogP contribution in [0.15, 0.2) is 77.2 Å². The Labute approximate surface area is 272 Å². The summed E-state index contributed by atoms with van der Waals surface area (Å²) in [6.45, 7) is -0.222. The van der Waals surface area contributed by atoms with E-state index in [1.165, 1.54) is 50.5 Å². The second-order valence-corrected chi connectivity index (χ2v) is 13.4. The molecule has 48 heavy (non-hydrogen) atoms. The quantitative estimate of drug-likeness (QED) is 0.221. The number of fused-ring (bicyclic) bond motifs is 6. The number of pyridine rings is 1. The third kappa shape index (κ3) is 5.01. The smallest absolute Gasteiger partial charge is 0.323 e. The van der Waals surface area contributed by atoms with Crippen LogP contribution in [0.2, 0.25) is 0 Å². The van der Waals surface area contributed by atoms with Crippen LogP contribution in [0, 0.1) is 11.6 Å². The number of rotatable bonds is 7. The summed E-state index contributed by atoms with van der Waals surface area (Å²) in [6.07, 6.45) is 1.04. The molecule has 0 fully saturated rings. The molecule has 0 bridgehead atoms. The Kier molecular flexibility index (Phi) is 7.20. The standard InChI is InChI=1S/C34H27F2N5O6S/c1-37-34(44)31-22-13-21(27(39(2)48(3,45)46)15-29(22)47-33(31)18-7-9-19(35)10-8-18)24-11-12-26-32(38-24)28-14-20-23(36)5-4-6-25(20)41(28)17-40(26)16-30(42)43/h4-15H,16-17H2,1-3H3,(H,37,44)(H,42,43). The highest BCUT2D eigenvalue weighted by Gasteiger charge is 2.30. The molecule has 1 aliphatic heterocycles. The highest BCUT2D eigenvalue weighted by molar-refractivity contribution is 7.92. The largest absolute Gasteiger partial charge is 0.480 e. The van der Waals surface area contributed by atoms with Crippen LogP contribution in [-0.2, 0) is 21.5 Å². The van der Waals surface area contributed by atoms with Gasteiger partial charge in [-0.2, -0.15) is 0 Å². The van der Waals surface area contributed by atoms with Gasteiger partial charge in [-0.3, -0.25) is 13.9 Å². The maximum atomic E-state index is 14.9. The Bertz CT molecular complexity index is 2420. The minimum Gasteiger partial charge on any atom is -0.480 e. The summed E-state index contributed by atoms with van der Waals surface area (Å²) in [6, 6.07) is 18.1. The highest BCUT2D eigenvalue weighted by Crippen LogP contribution is 2.44. The van der Waals surface area contributed by atoms with E-state index in [-0.39, 0.29) is 35.8 Å². The van der Waals surface area contributed by atoms with Crippen molar-refractivity contribution in [1.29, 1.82) is 0 Å². The molecule has 0 spiro atoms. The average molecular weight is 672 g/mol. The Morgan fingerprint density at radius 3 is 2.48 bits per heavy atom. The summed E-state index contributed by atoms with van der Waals surface area (Å²) in [5.41, 5.74) is 3.51. The molecule has 1 amide bonds. The summed E-state index contributed by atoms with van der Waals surface area (Å²) in [4.78, 5) is 31.7. The molecule has 0 saturated heterocycles. The lowest BCUT2D eigenvalue weighted by atomic mass is 10.00. The van der Waals surface area contributed by atoms with Crippen LogP contribution in [0.1, 0.15) is 10.4 Å². The van der Waals surface area contributed by atoms with Gasteiger partial charge in [-0.05, 0) is 60.7 Å². The number of carbonyl (C=O) groups excluding carboxylic acids is 1. The monoisotopic (exact) mass is 671 g/mol. The van der Waals surface area contributed by atoms with Gasteiger partial charge in [0.2, 0.25) is 10.0 Å². The van der Waals surface area contributed by atoms with Gasteiger partial charge in [-0.15, -0.1) is 0 Å². The number of amides is 1. The van der Waals surface area contributed by atoms with Gasteiger partial charge in [0.05, 0.1) is 46.8 Å². The first-order chi connectivity index (χ1) is 22.8. The van der Waals surface area contributed by atoms with Gasteiger partial charge in [-0.1, -0.05) is 6.07 Å². The van der Waals surface area contributed by atoms with E-state index in [0.717, 1.165) is 10.6 Å². The zero-order chi connectivity index (χ0) is 34.1. The molecule has 244 valence electrons. The van der Waals surface area contributed by atoms with Gasteiger partial charge >= 0.3 is 5.97 Å². The van der Waals surface area contributed by atoms with E-state index in [9.17, 15) is 31.9 Å². The van der Waals surface area contributed by atoms with Crippen LogP contribution >= 0.6 is 0 Å². The Morgan fingerprint density at radius 1 is 1.04 bits per heavy atom. The number of aromatic nitrogens is 2. The van der Waals surface area contributed by atoms with E-state index in [2.05, 4.69) is 5.32 Å². The predicted octanol–water partition coefficient (Wildman–Crippen LogP) is 5.68. The number of carboxylic acids is 1. The molecule has 0 atom stereocenters. The van der Waals surface area contributed by atoms with Crippen LogP contribution < -0.4 is 14.5 Å². The van der Waals surface area contributed by atoms with Crippen molar-refractivity contribution in [2.75, 3.05) is 36.1 Å². The third-order valence-electron chi connectivity index (χ3n) is 8.47. The van der Waals surface area contributed by atoms with Crippen LogP contribution in [0.3, 0.4) is 0 Å².